The Kier molecular flexibility index (Phi) is 3.35. The number of anilines is 1. The van der Waals surface area contributed by atoms with Crippen LogP contribution in [0.3, 0.4) is 0 Å². The van der Waals surface area contributed by atoms with Crippen molar-refractivity contribution in [1.82, 2.24) is 0 Å². The van der Waals surface area contributed by atoms with Gasteiger partial charge in [-0.25, -0.2) is 4.79 Å². The van der Waals surface area contributed by atoms with Gasteiger partial charge in [-0.2, -0.15) is 0 Å². The fourth-order valence-corrected chi connectivity index (χ4v) is 2.31. The molecule has 102 valence electrons. The first-order valence-electron chi connectivity index (χ1n) is 6.53. The first kappa shape index (κ1) is 13.6. The van der Waals surface area contributed by atoms with Gasteiger partial charge in [0.15, 0.2) is 0 Å². The van der Waals surface area contributed by atoms with Crippen molar-refractivity contribution >= 4 is 17.6 Å². The molecule has 1 aliphatic rings. The molecule has 4 nitrogen and oxygen atoms in total. The number of benzene rings is 1. The zero-order valence-electron chi connectivity index (χ0n) is 11.5. The Hall–Kier alpha value is -1.84. The van der Waals surface area contributed by atoms with E-state index in [2.05, 4.69) is 0 Å². The second-order valence-electron chi connectivity index (χ2n) is 5.60. The molecule has 2 rings (SSSR count). The molecule has 0 bridgehead atoms. The van der Waals surface area contributed by atoms with Crippen LogP contribution >= 0.6 is 0 Å². The van der Waals surface area contributed by atoms with Gasteiger partial charge in [0.1, 0.15) is 6.04 Å². The summed E-state index contributed by atoms with van der Waals surface area (Å²) in [5, 5.41) is 9.35. The number of para-hydroxylation sites is 1. The fraction of sp³-hybridized carbons (Fsp3) is 0.467. The highest BCUT2D eigenvalue weighted by atomic mass is 16.4. The lowest BCUT2D eigenvalue weighted by atomic mass is 9.88. The number of rotatable bonds is 3. The van der Waals surface area contributed by atoms with Gasteiger partial charge in [0.2, 0.25) is 5.91 Å². The number of carbonyl (C=O) groups excluding carboxylic acids is 1. The third kappa shape index (κ3) is 2.23. The minimum atomic E-state index is -0.948. The van der Waals surface area contributed by atoms with Crippen LogP contribution in [0.2, 0.25) is 0 Å². The molecular formula is C15H19NO3. The summed E-state index contributed by atoms with van der Waals surface area (Å²) in [6, 6.07) is 6.63. The topological polar surface area (TPSA) is 57.6 Å². The van der Waals surface area contributed by atoms with Crippen molar-refractivity contribution in [3.05, 3.63) is 29.8 Å². The Labute approximate surface area is 113 Å². The van der Waals surface area contributed by atoms with Gasteiger partial charge in [-0.3, -0.25) is 9.69 Å². The molecule has 1 unspecified atom stereocenters. The van der Waals surface area contributed by atoms with Crippen LogP contribution in [0.1, 0.15) is 32.8 Å². The Bertz CT molecular complexity index is 522. The van der Waals surface area contributed by atoms with Crippen molar-refractivity contribution in [3.63, 3.8) is 0 Å². The van der Waals surface area contributed by atoms with Gasteiger partial charge in [-0.15, -0.1) is 0 Å². The standard InChI is InChI=1S/C15H19NO3/c1-4-15(2,3)14(19)16-11-8-6-5-7-10(11)9-12(16)13(17)18/h5-8,12H,4,9H2,1-3H3,(H,17,18). The summed E-state index contributed by atoms with van der Waals surface area (Å²) in [7, 11) is 0. The maximum atomic E-state index is 12.6. The van der Waals surface area contributed by atoms with Crippen LogP contribution in [0.15, 0.2) is 24.3 Å². The van der Waals surface area contributed by atoms with Gasteiger partial charge in [-0.05, 0) is 18.1 Å². The Balaban J connectivity index is 2.45. The molecule has 0 saturated carbocycles. The molecule has 0 saturated heterocycles. The maximum absolute atomic E-state index is 12.6. The zero-order chi connectivity index (χ0) is 14.2. The minimum Gasteiger partial charge on any atom is -0.480 e. The molecule has 0 aromatic heterocycles. The summed E-state index contributed by atoms with van der Waals surface area (Å²) in [5.74, 6) is -1.07. The van der Waals surface area contributed by atoms with Gasteiger partial charge in [0.25, 0.3) is 0 Å². The summed E-state index contributed by atoms with van der Waals surface area (Å²) in [6.45, 7) is 5.65. The third-order valence-corrected chi connectivity index (χ3v) is 3.94. The average molecular weight is 261 g/mol. The minimum absolute atomic E-state index is 0.118. The van der Waals surface area contributed by atoms with E-state index in [9.17, 15) is 14.7 Å². The monoisotopic (exact) mass is 261 g/mol. The lowest BCUT2D eigenvalue weighted by Crippen LogP contribution is -2.48. The van der Waals surface area contributed by atoms with Gasteiger partial charge in [-0.1, -0.05) is 39.0 Å². The van der Waals surface area contributed by atoms with Crippen LogP contribution in [-0.2, 0) is 16.0 Å². The lowest BCUT2D eigenvalue weighted by Gasteiger charge is -2.31. The molecule has 1 heterocycles. The Morgan fingerprint density at radius 1 is 1.37 bits per heavy atom. The SMILES string of the molecule is CCC(C)(C)C(=O)N1c2ccccc2CC1C(=O)O. The molecule has 1 amide bonds. The molecule has 1 aromatic rings. The molecular weight excluding hydrogens is 242 g/mol. The van der Waals surface area contributed by atoms with E-state index in [1.165, 1.54) is 4.90 Å². The highest BCUT2D eigenvalue weighted by Gasteiger charge is 2.42. The van der Waals surface area contributed by atoms with Crippen molar-refractivity contribution in [1.29, 1.82) is 0 Å². The number of hydrogen-bond donors (Lipinski definition) is 1. The summed E-state index contributed by atoms with van der Waals surface area (Å²) in [5.41, 5.74) is 1.11. The Morgan fingerprint density at radius 3 is 2.58 bits per heavy atom. The molecule has 0 spiro atoms. The molecule has 1 atom stereocenters. The van der Waals surface area contributed by atoms with Crippen LogP contribution in [-0.4, -0.2) is 23.0 Å². The second-order valence-corrected chi connectivity index (χ2v) is 5.60. The summed E-state index contributed by atoms with van der Waals surface area (Å²) in [4.78, 5) is 25.5. The Morgan fingerprint density at radius 2 is 2.00 bits per heavy atom. The molecule has 4 heteroatoms. The van der Waals surface area contributed by atoms with Gasteiger partial charge < -0.3 is 5.11 Å². The molecule has 0 aliphatic carbocycles. The third-order valence-electron chi connectivity index (χ3n) is 3.94. The van der Waals surface area contributed by atoms with Crippen molar-refractivity contribution in [3.8, 4) is 0 Å². The van der Waals surface area contributed by atoms with E-state index < -0.39 is 17.4 Å². The smallest absolute Gasteiger partial charge is 0.327 e. The molecule has 1 aromatic carbocycles. The van der Waals surface area contributed by atoms with Crippen LogP contribution in [0.4, 0.5) is 5.69 Å². The zero-order valence-corrected chi connectivity index (χ0v) is 11.5. The largest absolute Gasteiger partial charge is 0.480 e. The number of hydrogen-bond acceptors (Lipinski definition) is 2. The van der Waals surface area contributed by atoms with E-state index in [1.807, 2.05) is 45.0 Å². The quantitative estimate of drug-likeness (QED) is 0.909. The summed E-state index contributed by atoms with van der Waals surface area (Å²) >= 11 is 0. The van der Waals surface area contributed by atoms with Crippen molar-refractivity contribution in [2.24, 2.45) is 5.41 Å². The van der Waals surface area contributed by atoms with Crippen LogP contribution in [0.25, 0.3) is 0 Å². The molecule has 0 radical (unpaired) electrons. The number of amides is 1. The first-order chi connectivity index (χ1) is 8.88. The van der Waals surface area contributed by atoms with Crippen molar-refractivity contribution in [2.45, 2.75) is 39.7 Å². The van der Waals surface area contributed by atoms with E-state index in [-0.39, 0.29) is 5.91 Å². The number of carboxylic acid groups (broad SMARTS) is 1. The van der Waals surface area contributed by atoms with Crippen LogP contribution < -0.4 is 4.90 Å². The first-order valence-corrected chi connectivity index (χ1v) is 6.53. The molecule has 19 heavy (non-hydrogen) atoms. The molecule has 1 aliphatic heterocycles. The highest BCUT2D eigenvalue weighted by Crippen LogP contribution is 2.36. The number of fused-ring (bicyclic) bond motifs is 1. The molecule has 1 N–H and O–H groups in total. The maximum Gasteiger partial charge on any atom is 0.327 e. The van der Waals surface area contributed by atoms with Crippen molar-refractivity contribution in [2.75, 3.05) is 4.90 Å². The summed E-state index contributed by atoms with van der Waals surface area (Å²) in [6.07, 6.45) is 1.06. The second kappa shape index (κ2) is 4.68. The van der Waals surface area contributed by atoms with Gasteiger partial charge in [0, 0.05) is 17.5 Å². The number of carbonyl (C=O) groups is 2. The number of aliphatic carboxylic acids is 1. The average Bonchev–Trinajstić information content (AvgIpc) is 2.77. The predicted molar refractivity (Wildman–Crippen MR) is 73.1 cm³/mol. The van der Waals surface area contributed by atoms with Crippen LogP contribution in [0.5, 0.6) is 0 Å². The fourth-order valence-electron chi connectivity index (χ4n) is 2.31. The molecule has 0 fully saturated rings. The van der Waals surface area contributed by atoms with E-state index in [4.69, 9.17) is 0 Å². The van der Waals surface area contributed by atoms with E-state index in [0.29, 0.717) is 12.8 Å². The normalized spacial score (nSPS) is 18.3. The van der Waals surface area contributed by atoms with E-state index >= 15 is 0 Å². The van der Waals surface area contributed by atoms with Gasteiger partial charge in [0.05, 0.1) is 0 Å². The highest BCUT2D eigenvalue weighted by molar-refractivity contribution is 6.04. The number of carboxylic acids is 1. The van der Waals surface area contributed by atoms with Crippen LogP contribution in [0, 0.1) is 5.41 Å². The number of nitrogens with zero attached hydrogens (tertiary/aromatic N) is 1. The van der Waals surface area contributed by atoms with Gasteiger partial charge >= 0.3 is 5.97 Å². The van der Waals surface area contributed by atoms with E-state index in [0.717, 1.165) is 11.3 Å². The van der Waals surface area contributed by atoms with E-state index in [1.54, 1.807) is 0 Å². The van der Waals surface area contributed by atoms with Crippen molar-refractivity contribution < 1.29 is 14.7 Å². The predicted octanol–water partition coefficient (Wildman–Crippen LogP) is 2.47. The summed E-state index contributed by atoms with van der Waals surface area (Å²) < 4.78 is 0. The lowest BCUT2D eigenvalue weighted by molar-refractivity contribution is -0.141.